The lowest BCUT2D eigenvalue weighted by molar-refractivity contribution is 0.0750. The summed E-state index contributed by atoms with van der Waals surface area (Å²) in [7, 11) is 0. The van der Waals surface area contributed by atoms with Crippen molar-refractivity contribution in [3.63, 3.8) is 0 Å². The van der Waals surface area contributed by atoms with E-state index >= 15 is 0 Å². The predicted octanol–water partition coefficient (Wildman–Crippen LogP) is 1.62. The first-order valence-corrected chi connectivity index (χ1v) is 6.54. The number of carbonyl (C=O) groups is 1. The number of aromatic nitrogens is 2. The summed E-state index contributed by atoms with van der Waals surface area (Å²) in [5.41, 5.74) is 0.766. The second-order valence-corrected chi connectivity index (χ2v) is 4.79. The zero-order valence-electron chi connectivity index (χ0n) is 9.72. The van der Waals surface area contributed by atoms with Crippen LogP contribution in [0.4, 0.5) is 0 Å². The SMILES string of the molecule is CCc1nnsc1C(=O)N(CCC#N)C1CC1. The molecule has 0 spiro atoms. The van der Waals surface area contributed by atoms with Crippen LogP contribution in [-0.2, 0) is 6.42 Å². The van der Waals surface area contributed by atoms with Gasteiger partial charge in [-0.25, -0.2) is 0 Å². The summed E-state index contributed by atoms with van der Waals surface area (Å²) in [5, 5.41) is 12.6. The highest BCUT2D eigenvalue weighted by atomic mass is 32.1. The van der Waals surface area contributed by atoms with E-state index < -0.39 is 0 Å². The molecule has 1 aliphatic carbocycles. The molecule has 1 fully saturated rings. The molecule has 6 heteroatoms. The van der Waals surface area contributed by atoms with Gasteiger partial charge in [0.05, 0.1) is 18.2 Å². The van der Waals surface area contributed by atoms with E-state index in [0.29, 0.717) is 30.3 Å². The number of nitriles is 1. The van der Waals surface area contributed by atoms with Gasteiger partial charge in [0.25, 0.3) is 5.91 Å². The zero-order chi connectivity index (χ0) is 12.3. The van der Waals surface area contributed by atoms with E-state index in [1.54, 1.807) is 4.90 Å². The summed E-state index contributed by atoms with van der Waals surface area (Å²) in [6, 6.07) is 2.41. The lowest BCUT2D eigenvalue weighted by atomic mass is 10.2. The van der Waals surface area contributed by atoms with Gasteiger partial charge in [-0.2, -0.15) is 5.26 Å². The average molecular weight is 250 g/mol. The van der Waals surface area contributed by atoms with Gasteiger partial charge >= 0.3 is 0 Å². The summed E-state index contributed by atoms with van der Waals surface area (Å²) in [6.45, 7) is 2.48. The van der Waals surface area contributed by atoms with Gasteiger partial charge in [0, 0.05) is 12.6 Å². The van der Waals surface area contributed by atoms with Gasteiger partial charge in [-0.3, -0.25) is 4.79 Å². The molecule has 1 amide bonds. The van der Waals surface area contributed by atoms with Gasteiger partial charge in [0.15, 0.2) is 0 Å². The standard InChI is InChI=1S/C11H14N4OS/c1-2-9-10(17-14-13-9)11(16)15(7-3-6-12)8-4-5-8/h8H,2-5,7H2,1H3. The Labute approximate surface area is 104 Å². The van der Waals surface area contributed by atoms with E-state index in [0.717, 1.165) is 30.1 Å². The molecule has 1 aliphatic rings. The van der Waals surface area contributed by atoms with Crippen molar-refractivity contribution in [1.82, 2.24) is 14.5 Å². The normalized spacial score (nSPS) is 14.4. The van der Waals surface area contributed by atoms with Crippen molar-refractivity contribution in [2.45, 2.75) is 38.6 Å². The molecule has 0 bridgehead atoms. The molecule has 1 saturated carbocycles. The third kappa shape index (κ3) is 2.61. The Morgan fingerprint density at radius 3 is 3.00 bits per heavy atom. The Kier molecular flexibility index (Phi) is 3.69. The molecule has 0 N–H and O–H groups in total. The quantitative estimate of drug-likeness (QED) is 0.796. The third-order valence-electron chi connectivity index (χ3n) is 2.80. The molecule has 0 radical (unpaired) electrons. The summed E-state index contributed by atoms with van der Waals surface area (Å²) in [4.78, 5) is 14.8. The van der Waals surface area contributed by atoms with E-state index in [-0.39, 0.29) is 5.91 Å². The van der Waals surface area contributed by atoms with E-state index in [9.17, 15) is 4.79 Å². The average Bonchev–Trinajstić information content (AvgIpc) is 3.06. The Balaban J connectivity index is 2.13. The summed E-state index contributed by atoms with van der Waals surface area (Å²) in [5.74, 6) is -0.00500. The van der Waals surface area contributed by atoms with Gasteiger partial charge in [-0.1, -0.05) is 11.4 Å². The van der Waals surface area contributed by atoms with Crippen LogP contribution in [0.2, 0.25) is 0 Å². The molecule has 0 aromatic carbocycles. The van der Waals surface area contributed by atoms with Crippen LogP contribution >= 0.6 is 11.5 Å². The van der Waals surface area contributed by atoms with Crippen LogP contribution in [-0.4, -0.2) is 33.0 Å². The molecule has 1 heterocycles. The minimum Gasteiger partial charge on any atom is -0.334 e. The van der Waals surface area contributed by atoms with E-state index in [1.807, 2.05) is 6.92 Å². The molecular weight excluding hydrogens is 236 g/mol. The van der Waals surface area contributed by atoms with Crippen molar-refractivity contribution in [2.75, 3.05) is 6.54 Å². The third-order valence-corrected chi connectivity index (χ3v) is 3.55. The Hall–Kier alpha value is -1.48. The maximum Gasteiger partial charge on any atom is 0.267 e. The summed E-state index contributed by atoms with van der Waals surface area (Å²) >= 11 is 1.15. The number of nitrogens with zero attached hydrogens (tertiary/aromatic N) is 4. The van der Waals surface area contributed by atoms with Gasteiger partial charge < -0.3 is 4.90 Å². The van der Waals surface area contributed by atoms with Crippen LogP contribution in [0, 0.1) is 11.3 Å². The number of rotatable bonds is 5. The molecule has 0 saturated heterocycles. The van der Waals surface area contributed by atoms with Crippen molar-refractivity contribution >= 4 is 17.4 Å². The Morgan fingerprint density at radius 2 is 2.41 bits per heavy atom. The van der Waals surface area contributed by atoms with Crippen molar-refractivity contribution in [2.24, 2.45) is 0 Å². The number of hydrogen-bond donors (Lipinski definition) is 0. The fourth-order valence-electron chi connectivity index (χ4n) is 1.74. The van der Waals surface area contributed by atoms with Crippen LogP contribution in [0.25, 0.3) is 0 Å². The highest BCUT2D eigenvalue weighted by molar-refractivity contribution is 7.08. The number of amides is 1. The Bertz CT molecular complexity index is 447. The van der Waals surface area contributed by atoms with E-state index in [2.05, 4.69) is 15.7 Å². The maximum atomic E-state index is 12.3. The fourth-order valence-corrected chi connectivity index (χ4v) is 2.45. The monoisotopic (exact) mass is 250 g/mol. The first-order valence-electron chi connectivity index (χ1n) is 5.77. The first-order chi connectivity index (χ1) is 8.27. The molecule has 17 heavy (non-hydrogen) atoms. The molecule has 1 aromatic rings. The van der Waals surface area contributed by atoms with Crippen molar-refractivity contribution < 1.29 is 4.79 Å². The lowest BCUT2D eigenvalue weighted by Gasteiger charge is -2.20. The molecule has 1 aromatic heterocycles. The van der Waals surface area contributed by atoms with Crippen LogP contribution in [0.15, 0.2) is 0 Å². The van der Waals surface area contributed by atoms with Crippen LogP contribution in [0.5, 0.6) is 0 Å². The highest BCUT2D eigenvalue weighted by Crippen LogP contribution is 2.29. The zero-order valence-corrected chi connectivity index (χ0v) is 10.5. The van der Waals surface area contributed by atoms with Crippen molar-refractivity contribution in [3.05, 3.63) is 10.6 Å². The second kappa shape index (κ2) is 5.23. The minimum absolute atomic E-state index is 0.00500. The number of aryl methyl sites for hydroxylation is 1. The predicted molar refractivity (Wildman–Crippen MR) is 63.6 cm³/mol. The summed E-state index contributed by atoms with van der Waals surface area (Å²) < 4.78 is 3.84. The van der Waals surface area contributed by atoms with Gasteiger partial charge in [0.1, 0.15) is 4.88 Å². The van der Waals surface area contributed by atoms with Crippen molar-refractivity contribution in [1.29, 1.82) is 5.26 Å². The molecule has 0 aliphatic heterocycles. The van der Waals surface area contributed by atoms with Gasteiger partial charge in [-0.05, 0) is 30.8 Å². The highest BCUT2D eigenvalue weighted by Gasteiger charge is 2.34. The van der Waals surface area contributed by atoms with Crippen LogP contribution < -0.4 is 0 Å². The second-order valence-electron chi connectivity index (χ2n) is 4.04. The molecule has 2 rings (SSSR count). The number of hydrogen-bond acceptors (Lipinski definition) is 5. The molecule has 0 unspecified atom stereocenters. The van der Waals surface area contributed by atoms with Crippen LogP contribution in [0.1, 0.15) is 41.6 Å². The van der Waals surface area contributed by atoms with Crippen molar-refractivity contribution in [3.8, 4) is 6.07 Å². The summed E-state index contributed by atoms with van der Waals surface area (Å²) in [6.07, 6.45) is 3.19. The fraction of sp³-hybridized carbons (Fsp3) is 0.636. The van der Waals surface area contributed by atoms with E-state index in [1.165, 1.54) is 0 Å². The smallest absolute Gasteiger partial charge is 0.267 e. The molecule has 0 atom stereocenters. The van der Waals surface area contributed by atoms with Gasteiger partial charge in [0.2, 0.25) is 0 Å². The Morgan fingerprint density at radius 1 is 1.65 bits per heavy atom. The molecule has 5 nitrogen and oxygen atoms in total. The van der Waals surface area contributed by atoms with Gasteiger partial charge in [-0.15, -0.1) is 5.10 Å². The minimum atomic E-state index is -0.00500. The topological polar surface area (TPSA) is 69.9 Å². The maximum absolute atomic E-state index is 12.3. The molecule has 90 valence electrons. The lowest BCUT2D eigenvalue weighted by Crippen LogP contribution is -2.34. The number of carbonyl (C=O) groups excluding carboxylic acids is 1. The largest absolute Gasteiger partial charge is 0.334 e. The van der Waals surface area contributed by atoms with Crippen LogP contribution in [0.3, 0.4) is 0 Å². The molecular formula is C11H14N4OS. The van der Waals surface area contributed by atoms with E-state index in [4.69, 9.17) is 5.26 Å². The first kappa shape index (κ1) is 12.0.